The Morgan fingerprint density at radius 2 is 2.00 bits per heavy atom. The van der Waals surface area contributed by atoms with Crippen LogP contribution in [0, 0.1) is 5.92 Å². The average molecular weight is 141 g/mol. The van der Waals surface area contributed by atoms with Gasteiger partial charge in [-0.1, -0.05) is 19.3 Å². The normalized spacial score (nSPS) is 20.4. The summed E-state index contributed by atoms with van der Waals surface area (Å²) in [4.78, 5) is 9.94. The van der Waals surface area contributed by atoms with Gasteiger partial charge in [0, 0.05) is 6.54 Å². The quantitative estimate of drug-likeness (QED) is 0.590. The van der Waals surface area contributed by atoms with E-state index in [1.54, 1.807) is 0 Å². The molecule has 0 heterocycles. The van der Waals surface area contributed by atoms with Crippen molar-refractivity contribution in [3.8, 4) is 0 Å². The fourth-order valence-corrected chi connectivity index (χ4v) is 1.61. The fourth-order valence-electron chi connectivity index (χ4n) is 1.61. The molecule has 1 fully saturated rings. The molecule has 1 amide bonds. The summed E-state index contributed by atoms with van der Waals surface area (Å²) < 4.78 is 0. The number of hydrogen-bond donors (Lipinski definition) is 1. The Kier molecular flexibility index (Phi) is 3.27. The summed E-state index contributed by atoms with van der Waals surface area (Å²) in [6.07, 6.45) is 7.50. The van der Waals surface area contributed by atoms with Gasteiger partial charge in [-0.05, 0) is 18.8 Å². The van der Waals surface area contributed by atoms with E-state index in [1.165, 1.54) is 32.1 Å². The van der Waals surface area contributed by atoms with Crippen LogP contribution in [0.5, 0.6) is 0 Å². The van der Waals surface area contributed by atoms with E-state index in [9.17, 15) is 4.79 Å². The van der Waals surface area contributed by atoms with Crippen LogP contribution in [0.25, 0.3) is 0 Å². The maximum absolute atomic E-state index is 9.94. The van der Waals surface area contributed by atoms with Crippen molar-refractivity contribution in [2.24, 2.45) is 5.92 Å². The van der Waals surface area contributed by atoms with Crippen LogP contribution in [-0.4, -0.2) is 13.0 Å². The zero-order valence-corrected chi connectivity index (χ0v) is 6.31. The molecule has 0 aromatic heterocycles. The average Bonchev–Trinajstić information content (AvgIpc) is 2.03. The van der Waals surface area contributed by atoms with Gasteiger partial charge in [-0.3, -0.25) is 4.79 Å². The molecule has 0 saturated heterocycles. The van der Waals surface area contributed by atoms with Crippen molar-refractivity contribution in [2.45, 2.75) is 32.1 Å². The summed E-state index contributed by atoms with van der Waals surface area (Å²) in [6, 6.07) is 0. The first-order valence-electron chi connectivity index (χ1n) is 4.10. The first-order chi connectivity index (χ1) is 4.93. The molecular formula is C8H15NO. The van der Waals surface area contributed by atoms with Crippen molar-refractivity contribution in [1.29, 1.82) is 0 Å². The molecular weight excluding hydrogens is 126 g/mol. The lowest BCUT2D eigenvalue weighted by Gasteiger charge is -2.20. The first-order valence-corrected chi connectivity index (χ1v) is 4.10. The van der Waals surface area contributed by atoms with E-state index >= 15 is 0 Å². The van der Waals surface area contributed by atoms with Crippen LogP contribution in [0.1, 0.15) is 32.1 Å². The molecule has 1 N–H and O–H groups in total. The van der Waals surface area contributed by atoms with Crippen LogP contribution in [0.15, 0.2) is 0 Å². The minimum Gasteiger partial charge on any atom is -0.358 e. The summed E-state index contributed by atoms with van der Waals surface area (Å²) in [6.45, 7) is 0.892. The topological polar surface area (TPSA) is 29.1 Å². The van der Waals surface area contributed by atoms with E-state index in [2.05, 4.69) is 5.32 Å². The Balaban J connectivity index is 2.07. The summed E-state index contributed by atoms with van der Waals surface area (Å²) in [7, 11) is 0. The van der Waals surface area contributed by atoms with Gasteiger partial charge < -0.3 is 5.32 Å². The SMILES string of the molecule is O=CNCC1CCCCC1. The van der Waals surface area contributed by atoms with Gasteiger partial charge in [-0.15, -0.1) is 0 Å². The number of amides is 1. The molecule has 1 rings (SSSR count). The van der Waals surface area contributed by atoms with Gasteiger partial charge in [0.15, 0.2) is 0 Å². The minimum atomic E-state index is 0.763. The van der Waals surface area contributed by atoms with Crippen molar-refractivity contribution in [1.82, 2.24) is 5.32 Å². The number of carbonyl (C=O) groups excluding carboxylic acids is 1. The van der Waals surface area contributed by atoms with Crippen molar-refractivity contribution >= 4 is 6.41 Å². The molecule has 0 unspecified atom stereocenters. The van der Waals surface area contributed by atoms with Crippen molar-refractivity contribution < 1.29 is 4.79 Å². The Hall–Kier alpha value is -0.530. The molecule has 1 aliphatic carbocycles. The van der Waals surface area contributed by atoms with Crippen LogP contribution in [0.3, 0.4) is 0 Å². The van der Waals surface area contributed by atoms with Crippen LogP contribution in [0.2, 0.25) is 0 Å². The second-order valence-electron chi connectivity index (χ2n) is 3.03. The molecule has 0 aliphatic heterocycles. The molecule has 1 aliphatic rings. The van der Waals surface area contributed by atoms with Crippen LogP contribution in [0.4, 0.5) is 0 Å². The second-order valence-corrected chi connectivity index (χ2v) is 3.03. The van der Waals surface area contributed by atoms with Gasteiger partial charge in [-0.25, -0.2) is 0 Å². The highest BCUT2D eigenvalue weighted by molar-refractivity contribution is 5.45. The van der Waals surface area contributed by atoms with E-state index in [0.717, 1.165) is 18.9 Å². The number of nitrogens with one attached hydrogen (secondary N) is 1. The Morgan fingerprint density at radius 1 is 1.30 bits per heavy atom. The third-order valence-electron chi connectivity index (χ3n) is 2.21. The van der Waals surface area contributed by atoms with Crippen LogP contribution < -0.4 is 5.32 Å². The summed E-state index contributed by atoms with van der Waals surface area (Å²) >= 11 is 0. The largest absolute Gasteiger partial charge is 0.358 e. The van der Waals surface area contributed by atoms with E-state index in [1.807, 2.05) is 0 Å². The molecule has 0 aromatic rings. The van der Waals surface area contributed by atoms with E-state index in [4.69, 9.17) is 0 Å². The van der Waals surface area contributed by atoms with Gasteiger partial charge in [0.1, 0.15) is 0 Å². The molecule has 0 spiro atoms. The van der Waals surface area contributed by atoms with Gasteiger partial charge in [0.05, 0.1) is 0 Å². The molecule has 1 saturated carbocycles. The third-order valence-corrected chi connectivity index (χ3v) is 2.21. The highest BCUT2D eigenvalue weighted by Crippen LogP contribution is 2.22. The lowest BCUT2D eigenvalue weighted by molar-refractivity contribution is -0.109. The zero-order chi connectivity index (χ0) is 7.23. The predicted molar refractivity (Wildman–Crippen MR) is 40.6 cm³/mol. The molecule has 0 radical (unpaired) electrons. The first kappa shape index (κ1) is 7.58. The van der Waals surface area contributed by atoms with E-state index in [-0.39, 0.29) is 0 Å². The van der Waals surface area contributed by atoms with Gasteiger partial charge in [-0.2, -0.15) is 0 Å². The van der Waals surface area contributed by atoms with Crippen molar-refractivity contribution in [2.75, 3.05) is 6.54 Å². The number of rotatable bonds is 3. The standard InChI is InChI=1S/C8H15NO/c10-7-9-6-8-4-2-1-3-5-8/h7-8H,1-6H2,(H,9,10). The molecule has 58 valence electrons. The summed E-state index contributed by atoms with van der Waals surface area (Å²) in [5.74, 6) is 0.763. The van der Waals surface area contributed by atoms with Gasteiger partial charge in [0.2, 0.25) is 6.41 Å². The lowest BCUT2D eigenvalue weighted by atomic mass is 9.89. The smallest absolute Gasteiger partial charge is 0.207 e. The Bertz CT molecular complexity index is 97.4. The van der Waals surface area contributed by atoms with E-state index in [0.29, 0.717) is 0 Å². The van der Waals surface area contributed by atoms with E-state index < -0.39 is 0 Å². The maximum Gasteiger partial charge on any atom is 0.207 e. The van der Waals surface area contributed by atoms with Gasteiger partial charge in [0.25, 0.3) is 0 Å². The number of hydrogen-bond acceptors (Lipinski definition) is 1. The lowest BCUT2D eigenvalue weighted by Crippen LogP contribution is -2.22. The minimum absolute atomic E-state index is 0.763. The molecule has 2 nitrogen and oxygen atoms in total. The zero-order valence-electron chi connectivity index (χ0n) is 6.31. The summed E-state index contributed by atoms with van der Waals surface area (Å²) in [5, 5.41) is 2.74. The van der Waals surface area contributed by atoms with Crippen molar-refractivity contribution in [3.63, 3.8) is 0 Å². The highest BCUT2D eigenvalue weighted by Gasteiger charge is 2.11. The monoisotopic (exact) mass is 141 g/mol. The van der Waals surface area contributed by atoms with Gasteiger partial charge >= 0.3 is 0 Å². The van der Waals surface area contributed by atoms with Crippen LogP contribution in [-0.2, 0) is 4.79 Å². The maximum atomic E-state index is 9.94. The molecule has 2 heteroatoms. The van der Waals surface area contributed by atoms with Crippen molar-refractivity contribution in [3.05, 3.63) is 0 Å². The van der Waals surface area contributed by atoms with Crippen LogP contribution >= 0.6 is 0 Å². The Morgan fingerprint density at radius 3 is 2.60 bits per heavy atom. The molecule has 0 atom stereocenters. The predicted octanol–water partition coefficient (Wildman–Crippen LogP) is 1.31. The summed E-state index contributed by atoms with van der Waals surface area (Å²) in [5.41, 5.74) is 0. The fraction of sp³-hybridized carbons (Fsp3) is 0.875. The molecule has 0 aromatic carbocycles. The molecule has 0 bridgehead atoms. The second kappa shape index (κ2) is 4.31. The highest BCUT2D eigenvalue weighted by atomic mass is 16.1. The molecule has 10 heavy (non-hydrogen) atoms. The number of carbonyl (C=O) groups is 1. The third kappa shape index (κ3) is 2.38. The Labute approximate surface area is 62.0 Å².